The zero-order valence-electron chi connectivity index (χ0n) is 58.5. The number of carbonyl (C=O) groups excluding carboxylic acids is 9. The number of imide groups is 1. The summed E-state index contributed by atoms with van der Waals surface area (Å²) in [4.78, 5) is 131. The van der Waals surface area contributed by atoms with Crippen molar-refractivity contribution < 1.29 is 89.2 Å². The maximum atomic E-state index is 16.3. The van der Waals surface area contributed by atoms with E-state index in [1.165, 1.54) is 80.7 Å². The number of benzene rings is 4. The van der Waals surface area contributed by atoms with Gasteiger partial charge in [0.05, 0.1) is 59.5 Å². The number of imidazole rings is 1. The first kappa shape index (κ1) is 77.9. The molecule has 0 aliphatic carbocycles. The second kappa shape index (κ2) is 34.3. The van der Waals surface area contributed by atoms with E-state index >= 15 is 8.78 Å². The third-order valence-corrected chi connectivity index (χ3v) is 19.4. The van der Waals surface area contributed by atoms with Crippen LogP contribution in [0.5, 0.6) is 0 Å². The number of primary amides is 1. The molecule has 0 bridgehead atoms. The van der Waals surface area contributed by atoms with Gasteiger partial charge in [-0.15, -0.1) is 0 Å². The number of halogens is 2. The molecule has 29 heteroatoms. The van der Waals surface area contributed by atoms with Crippen LogP contribution in [0, 0.1) is 10.8 Å². The van der Waals surface area contributed by atoms with E-state index in [2.05, 4.69) is 21.3 Å². The van der Waals surface area contributed by atoms with E-state index in [-0.39, 0.29) is 87.0 Å². The van der Waals surface area contributed by atoms with E-state index < -0.39 is 115 Å². The summed E-state index contributed by atoms with van der Waals surface area (Å²) < 4.78 is 86.7. The van der Waals surface area contributed by atoms with Crippen molar-refractivity contribution in [2.24, 2.45) is 23.6 Å². The van der Waals surface area contributed by atoms with Gasteiger partial charge in [-0.3, -0.25) is 76.1 Å². The van der Waals surface area contributed by atoms with Crippen LogP contribution in [-0.2, 0) is 125 Å². The van der Waals surface area contributed by atoms with E-state index in [1.807, 2.05) is 60.7 Å². The second-order valence-electron chi connectivity index (χ2n) is 27.4. The predicted octanol–water partition coefficient (Wildman–Crippen LogP) is 7.55. The fraction of sp³-hybridized carbons (Fsp3) is 0.500. The number of hydrogen-bond donors (Lipinski definition) is 5. The molecule has 8 rings (SSSR count). The Kier molecular flexibility index (Phi) is 26.4. The number of anilines is 1. The highest BCUT2D eigenvalue weighted by atomic mass is 31.2. The highest BCUT2D eigenvalue weighted by Gasteiger charge is 2.56. The van der Waals surface area contributed by atoms with E-state index in [0.717, 1.165) is 39.9 Å². The van der Waals surface area contributed by atoms with Crippen LogP contribution in [0.1, 0.15) is 145 Å². The smallest absolute Gasteiger partial charge is 0.410 e. The van der Waals surface area contributed by atoms with Gasteiger partial charge in [0.2, 0.25) is 54.9 Å². The number of amides is 7. The van der Waals surface area contributed by atoms with Gasteiger partial charge in [0, 0.05) is 51.1 Å². The summed E-state index contributed by atoms with van der Waals surface area (Å²) in [5.41, 5.74) is 4.80. The standard InChI is InChI=1S/C72H91F2N8O18P/c1-44(49-22-25-52(26-23-49)72(73,74)101(93,99-42-97-67(90)70(3,4)5)100-43-98-68(91)71(6,7)8)37-61(85)77-54-27-24-50-15-10-16-51-39-58(82(63(50)51)66(54)89)65(88)78-53(28-31-59(75)83)45(2)96-40-48-19-17-46(18-20-48)13-11-33-76-62(86)41-95-36-35-94-34-12-14-47-21-29-55-57(38-47)80(9)69(92)81(55)56-30-32-60(84)79-64(56)87/h10,15-23,25-26,29,37-38,45,53-54,56,58H,11-14,24,27-28,30-36,39-43H2,1-9H3,(H2,75,83)(H,76,86)(H,77,85)(H,78,88)(H,79,84,87)/b44-37+/t45-,53+,54+,56?,58+/m1/s1. The summed E-state index contributed by atoms with van der Waals surface area (Å²) in [7, 11) is -3.96. The topological polar surface area (TPSA) is 340 Å². The number of aromatic nitrogens is 2. The molecule has 6 N–H and O–H groups in total. The third kappa shape index (κ3) is 20.3. The summed E-state index contributed by atoms with van der Waals surface area (Å²) in [5.74, 6) is -5.10. The van der Waals surface area contributed by atoms with Gasteiger partial charge in [0.15, 0.2) is 0 Å². The average Bonchev–Trinajstić information content (AvgIpc) is 1.67. The second-order valence-corrected chi connectivity index (χ2v) is 29.5. The van der Waals surface area contributed by atoms with Crippen LogP contribution in [0.3, 0.4) is 0 Å². The number of hydrogen-bond acceptors (Lipinski definition) is 18. The highest BCUT2D eigenvalue weighted by molar-refractivity contribution is 7.54. The minimum absolute atomic E-state index is 0.0724. The molecule has 3 aliphatic heterocycles. The quantitative estimate of drug-likeness (QED) is 0.00662. The molecule has 7 amide bonds. The molecule has 1 saturated heterocycles. The maximum Gasteiger partial charge on any atom is 0.410 e. The number of rotatable bonds is 34. The molecule has 1 unspecified atom stereocenters. The summed E-state index contributed by atoms with van der Waals surface area (Å²) >= 11 is 0. The predicted molar refractivity (Wildman–Crippen MR) is 367 cm³/mol. The van der Waals surface area contributed by atoms with Crippen LogP contribution < -0.4 is 37.6 Å². The fourth-order valence-corrected chi connectivity index (χ4v) is 13.0. The Hall–Kier alpha value is -8.79. The Morgan fingerprint density at radius 2 is 1.41 bits per heavy atom. The Balaban J connectivity index is 0.774. The van der Waals surface area contributed by atoms with Gasteiger partial charge in [-0.2, -0.15) is 8.78 Å². The van der Waals surface area contributed by atoms with Crippen LogP contribution >= 0.6 is 7.60 Å². The molecule has 0 spiro atoms. The molecule has 0 radical (unpaired) electrons. The van der Waals surface area contributed by atoms with Crippen LogP contribution in [0.25, 0.3) is 16.6 Å². The lowest BCUT2D eigenvalue weighted by Crippen LogP contribution is -2.56. The number of piperidine rings is 1. The summed E-state index contributed by atoms with van der Waals surface area (Å²) in [6.45, 7) is 11.5. The van der Waals surface area contributed by atoms with Crippen molar-refractivity contribution in [3.8, 4) is 0 Å². The molecule has 101 heavy (non-hydrogen) atoms. The largest absolute Gasteiger partial charge is 0.438 e. The van der Waals surface area contributed by atoms with Gasteiger partial charge in [-0.05, 0) is 158 Å². The lowest BCUT2D eigenvalue weighted by Gasteiger charge is -2.31. The lowest BCUT2D eigenvalue weighted by molar-refractivity contribution is -0.163. The Morgan fingerprint density at radius 1 is 0.772 bits per heavy atom. The van der Waals surface area contributed by atoms with Crippen molar-refractivity contribution in [2.75, 3.05) is 51.5 Å². The van der Waals surface area contributed by atoms with E-state index in [1.54, 1.807) is 14.0 Å². The minimum Gasteiger partial charge on any atom is -0.438 e. The monoisotopic (exact) mass is 1420 g/mol. The van der Waals surface area contributed by atoms with Crippen molar-refractivity contribution in [1.82, 2.24) is 30.4 Å². The van der Waals surface area contributed by atoms with Crippen molar-refractivity contribution in [3.05, 3.63) is 140 Å². The van der Waals surface area contributed by atoms with Gasteiger partial charge in [-0.1, -0.05) is 72.8 Å². The lowest BCUT2D eigenvalue weighted by atomic mass is 9.98. The van der Waals surface area contributed by atoms with Crippen LogP contribution in [0.4, 0.5) is 14.5 Å². The summed E-state index contributed by atoms with van der Waals surface area (Å²) in [5, 5.41) is 11.0. The number of para-hydroxylation sites is 1. The van der Waals surface area contributed by atoms with Crippen molar-refractivity contribution in [1.29, 1.82) is 0 Å². The fourth-order valence-electron chi connectivity index (χ4n) is 11.8. The molecule has 4 aromatic carbocycles. The number of carbonyl (C=O) groups is 9. The molecule has 0 saturated carbocycles. The molecule has 1 fully saturated rings. The van der Waals surface area contributed by atoms with Gasteiger partial charge < -0.3 is 45.4 Å². The number of alkyl halides is 2. The molecular weight excluding hydrogens is 1330 g/mol. The zero-order valence-corrected chi connectivity index (χ0v) is 59.3. The van der Waals surface area contributed by atoms with E-state index in [0.29, 0.717) is 68.6 Å². The SMILES string of the molecule is C/C(=C\C(=O)N[C@H]1CCc2cccc3c2N(C1=O)[C@H](C(=O)N[C@@H](CCC(N)=O)[C@@H](C)OCc1ccc(CCCNC(=O)COCCOCCCc2ccc4c(c2)n(C)c(=O)n4C2CCC(=O)NC2=O)cc1)C3)c1ccc(C(F)(F)P(=O)(OCOC(=O)C(C)(C)C)OCOC(=O)C(C)(C)C)cc1. The first-order valence-corrected chi connectivity index (χ1v) is 35.2. The number of ether oxygens (including phenoxy) is 5. The number of nitrogens with one attached hydrogen (secondary N) is 4. The van der Waals surface area contributed by atoms with Crippen molar-refractivity contribution in [3.63, 3.8) is 0 Å². The molecule has 3 aliphatic rings. The average molecular weight is 1430 g/mol. The van der Waals surface area contributed by atoms with E-state index in [4.69, 9.17) is 38.5 Å². The third-order valence-electron chi connectivity index (χ3n) is 17.6. The number of allylic oxidation sites excluding steroid dienone is 1. The Labute approximate surface area is 584 Å². The van der Waals surface area contributed by atoms with Crippen LogP contribution in [0.2, 0.25) is 0 Å². The number of aryl methyl sites for hydroxylation is 4. The van der Waals surface area contributed by atoms with Crippen LogP contribution in [0.15, 0.2) is 95.8 Å². The molecule has 5 aromatic rings. The van der Waals surface area contributed by atoms with Crippen molar-refractivity contribution in [2.45, 2.75) is 169 Å². The molecular formula is C72H91F2N8O18P. The summed E-state index contributed by atoms with van der Waals surface area (Å²) in [6.07, 6.45) is 4.47. The number of nitrogens with zero attached hydrogens (tertiary/aromatic N) is 3. The maximum absolute atomic E-state index is 16.3. The molecule has 546 valence electrons. The minimum atomic E-state index is -5.61. The molecule has 4 heterocycles. The number of fused-ring (bicyclic) bond motifs is 1. The van der Waals surface area contributed by atoms with Gasteiger partial charge in [0.1, 0.15) is 24.7 Å². The molecule has 1 aromatic heterocycles. The van der Waals surface area contributed by atoms with E-state index in [9.17, 15) is 52.5 Å². The van der Waals surface area contributed by atoms with Crippen molar-refractivity contribution >= 4 is 83.2 Å². The van der Waals surface area contributed by atoms with Gasteiger partial charge in [0.25, 0.3) is 0 Å². The zero-order chi connectivity index (χ0) is 73.6. The van der Waals surface area contributed by atoms with Gasteiger partial charge >= 0.3 is 30.9 Å². The number of nitrogens with two attached hydrogens (primary N) is 1. The first-order valence-electron chi connectivity index (χ1n) is 33.6. The normalized spacial score (nSPS) is 17.2. The highest BCUT2D eigenvalue weighted by Crippen LogP contribution is 2.67. The Bertz CT molecular complexity index is 3970. The first-order chi connectivity index (χ1) is 47.8. The molecule has 26 nitrogen and oxygen atoms in total. The summed E-state index contributed by atoms with van der Waals surface area (Å²) in [6, 6.07) is 19.7. The Morgan fingerprint density at radius 3 is 2.06 bits per heavy atom. The molecule has 5 atom stereocenters. The van der Waals surface area contributed by atoms with Gasteiger partial charge in [-0.25, -0.2) is 4.79 Å². The number of esters is 2. The van der Waals surface area contributed by atoms with Crippen LogP contribution in [-0.4, -0.2) is 133 Å².